The maximum absolute atomic E-state index is 12.5. The second-order valence-electron chi connectivity index (χ2n) is 6.81. The molecule has 0 unspecified atom stereocenters. The third-order valence-corrected chi connectivity index (χ3v) is 7.12. The first-order valence-electron chi connectivity index (χ1n) is 10.0. The summed E-state index contributed by atoms with van der Waals surface area (Å²) in [7, 11) is -3.51. The van der Waals surface area contributed by atoms with Crippen LogP contribution >= 0.6 is 11.6 Å². The van der Waals surface area contributed by atoms with E-state index in [2.05, 4.69) is 5.32 Å². The molecule has 1 amide bonds. The Hall–Kier alpha value is -2.55. The van der Waals surface area contributed by atoms with Crippen molar-refractivity contribution in [1.29, 1.82) is 0 Å². The molecule has 0 aliphatic carbocycles. The van der Waals surface area contributed by atoms with Crippen molar-refractivity contribution in [3.05, 3.63) is 53.1 Å². The molecule has 1 heterocycles. The molecule has 0 saturated carbocycles. The number of amides is 1. The monoisotopic (exact) mass is 464 g/mol. The Morgan fingerprint density at radius 3 is 2.32 bits per heavy atom. The number of hydrogen-bond donors (Lipinski definition) is 1. The summed E-state index contributed by atoms with van der Waals surface area (Å²) in [6.45, 7) is 5.49. The zero-order valence-electron chi connectivity index (χ0n) is 17.4. The fourth-order valence-electron chi connectivity index (χ4n) is 3.09. The predicted octanol–water partition coefficient (Wildman–Crippen LogP) is 4.18. The number of hydrogen-bond acceptors (Lipinski definition) is 5. The van der Waals surface area contributed by atoms with Gasteiger partial charge in [-0.3, -0.25) is 4.79 Å². The summed E-state index contributed by atoms with van der Waals surface area (Å²) < 4.78 is 37.7. The molecule has 9 heteroatoms. The van der Waals surface area contributed by atoms with E-state index in [1.807, 2.05) is 0 Å². The van der Waals surface area contributed by atoms with Gasteiger partial charge in [0.15, 0.2) is 11.5 Å². The molecule has 7 nitrogen and oxygen atoms in total. The van der Waals surface area contributed by atoms with Gasteiger partial charge in [-0.2, -0.15) is 4.31 Å². The highest BCUT2D eigenvalue weighted by Gasteiger charge is 2.21. The summed E-state index contributed by atoms with van der Waals surface area (Å²) in [5, 5.41) is 3.07. The molecular formula is C22H25ClN2O5S. The lowest BCUT2D eigenvalue weighted by Crippen LogP contribution is -2.30. The van der Waals surface area contributed by atoms with Crippen molar-refractivity contribution in [3.63, 3.8) is 0 Å². The fourth-order valence-corrected chi connectivity index (χ4v) is 4.75. The number of nitrogens with zero attached hydrogens (tertiary/aromatic N) is 1. The van der Waals surface area contributed by atoms with Gasteiger partial charge in [0.05, 0.1) is 28.8 Å². The molecule has 0 spiro atoms. The molecule has 0 saturated heterocycles. The third-order valence-electron chi connectivity index (χ3n) is 4.75. The van der Waals surface area contributed by atoms with Crippen molar-refractivity contribution in [2.45, 2.75) is 25.2 Å². The number of halogens is 1. The average Bonchev–Trinajstić information content (AvgIpc) is 2.98. The van der Waals surface area contributed by atoms with Crippen LogP contribution in [0.1, 0.15) is 25.8 Å². The maximum Gasteiger partial charge on any atom is 0.248 e. The largest absolute Gasteiger partial charge is 0.490 e. The van der Waals surface area contributed by atoms with Crippen LogP contribution < -0.4 is 14.8 Å². The highest BCUT2D eigenvalue weighted by Crippen LogP contribution is 2.37. The number of ether oxygens (including phenoxy) is 2. The number of rotatable bonds is 7. The van der Waals surface area contributed by atoms with E-state index >= 15 is 0 Å². The van der Waals surface area contributed by atoms with Crippen molar-refractivity contribution in [2.75, 3.05) is 31.6 Å². The average molecular weight is 465 g/mol. The smallest absolute Gasteiger partial charge is 0.248 e. The summed E-state index contributed by atoms with van der Waals surface area (Å²) in [5.41, 5.74) is 1.11. The van der Waals surface area contributed by atoms with Crippen LogP contribution in [0.2, 0.25) is 5.02 Å². The highest BCUT2D eigenvalue weighted by atomic mass is 35.5. The van der Waals surface area contributed by atoms with Crippen molar-refractivity contribution < 1.29 is 22.7 Å². The molecule has 0 bridgehead atoms. The fraction of sp³-hybridized carbons (Fsp3) is 0.318. The van der Waals surface area contributed by atoms with E-state index in [1.54, 1.807) is 44.2 Å². The SMILES string of the molecule is CCN(CC)S(=O)(=O)c1ccc(/C=C/C(=O)Nc2cc3c(cc2Cl)OCCCO3)cc1. The number of carbonyl (C=O) groups is 1. The number of sulfonamides is 1. The lowest BCUT2D eigenvalue weighted by Gasteiger charge is -2.18. The molecular weight excluding hydrogens is 440 g/mol. The van der Waals surface area contributed by atoms with Gasteiger partial charge in [0, 0.05) is 37.7 Å². The molecule has 0 radical (unpaired) electrons. The van der Waals surface area contributed by atoms with E-state index in [4.69, 9.17) is 21.1 Å². The molecule has 1 aliphatic rings. The molecule has 0 fully saturated rings. The number of carbonyl (C=O) groups excluding carboxylic acids is 1. The molecule has 2 aromatic rings. The van der Waals surface area contributed by atoms with Gasteiger partial charge in [-0.25, -0.2) is 8.42 Å². The third kappa shape index (κ3) is 5.58. The van der Waals surface area contributed by atoms with Crippen molar-refractivity contribution in [1.82, 2.24) is 4.31 Å². The van der Waals surface area contributed by atoms with Crippen LogP contribution in [0.5, 0.6) is 11.5 Å². The zero-order valence-corrected chi connectivity index (χ0v) is 19.0. The van der Waals surface area contributed by atoms with Crippen molar-refractivity contribution in [3.8, 4) is 11.5 Å². The second kappa shape index (κ2) is 10.2. The Morgan fingerprint density at radius 1 is 1.10 bits per heavy atom. The van der Waals surface area contributed by atoms with Crippen LogP contribution in [0.3, 0.4) is 0 Å². The first-order chi connectivity index (χ1) is 14.8. The van der Waals surface area contributed by atoms with Crippen LogP contribution in [0.4, 0.5) is 5.69 Å². The summed E-state index contributed by atoms with van der Waals surface area (Å²) >= 11 is 6.25. The Balaban J connectivity index is 1.69. The summed E-state index contributed by atoms with van der Waals surface area (Å²) in [6, 6.07) is 9.64. The molecule has 0 atom stereocenters. The van der Waals surface area contributed by atoms with Crippen LogP contribution in [0, 0.1) is 0 Å². The van der Waals surface area contributed by atoms with E-state index in [1.165, 1.54) is 22.5 Å². The van der Waals surface area contributed by atoms with E-state index in [-0.39, 0.29) is 10.8 Å². The van der Waals surface area contributed by atoms with Gasteiger partial charge in [0.2, 0.25) is 15.9 Å². The van der Waals surface area contributed by atoms with E-state index in [0.29, 0.717) is 54.1 Å². The molecule has 31 heavy (non-hydrogen) atoms. The Bertz CT molecular complexity index is 1060. The lowest BCUT2D eigenvalue weighted by molar-refractivity contribution is -0.111. The van der Waals surface area contributed by atoms with Crippen LogP contribution in [-0.4, -0.2) is 44.9 Å². The van der Waals surface area contributed by atoms with Gasteiger partial charge in [0.25, 0.3) is 0 Å². The standard InChI is InChI=1S/C22H25ClN2O5S/c1-3-25(4-2)31(27,28)17-9-6-16(7-10-17)8-11-22(26)24-19-15-21-20(14-18(19)23)29-12-5-13-30-21/h6-11,14-15H,3-5,12-13H2,1-2H3,(H,24,26)/b11-8+. The number of anilines is 1. The van der Waals surface area contributed by atoms with Crippen LogP contribution in [-0.2, 0) is 14.8 Å². The van der Waals surface area contributed by atoms with Crippen molar-refractivity contribution >= 4 is 39.3 Å². The van der Waals surface area contributed by atoms with E-state index < -0.39 is 10.0 Å². The Morgan fingerprint density at radius 2 is 1.71 bits per heavy atom. The van der Waals surface area contributed by atoms with Gasteiger partial charge >= 0.3 is 0 Å². The maximum atomic E-state index is 12.5. The topological polar surface area (TPSA) is 84.9 Å². The summed E-state index contributed by atoms with van der Waals surface area (Å²) in [4.78, 5) is 12.6. The van der Waals surface area contributed by atoms with Gasteiger partial charge in [-0.1, -0.05) is 37.6 Å². The Kier molecular flexibility index (Phi) is 7.59. The minimum atomic E-state index is -3.51. The Labute approximate surface area is 187 Å². The highest BCUT2D eigenvalue weighted by molar-refractivity contribution is 7.89. The van der Waals surface area contributed by atoms with Crippen LogP contribution in [0.15, 0.2) is 47.4 Å². The van der Waals surface area contributed by atoms with E-state index in [9.17, 15) is 13.2 Å². The van der Waals surface area contributed by atoms with E-state index in [0.717, 1.165) is 6.42 Å². The molecule has 3 rings (SSSR count). The molecule has 2 aromatic carbocycles. The molecule has 1 aliphatic heterocycles. The molecule has 166 valence electrons. The lowest BCUT2D eigenvalue weighted by atomic mass is 10.2. The normalized spacial score (nSPS) is 13.9. The summed E-state index contributed by atoms with van der Waals surface area (Å²) in [5.74, 6) is 0.707. The van der Waals surface area contributed by atoms with Gasteiger partial charge < -0.3 is 14.8 Å². The molecule has 1 N–H and O–H groups in total. The summed E-state index contributed by atoms with van der Waals surface area (Å²) in [6.07, 6.45) is 3.72. The van der Waals surface area contributed by atoms with Crippen LogP contribution in [0.25, 0.3) is 6.08 Å². The molecule has 0 aromatic heterocycles. The minimum Gasteiger partial charge on any atom is -0.490 e. The number of benzene rings is 2. The quantitative estimate of drug-likeness (QED) is 0.621. The zero-order chi connectivity index (χ0) is 22.4. The van der Waals surface area contributed by atoms with Gasteiger partial charge in [-0.15, -0.1) is 0 Å². The van der Waals surface area contributed by atoms with Gasteiger partial charge in [0.1, 0.15) is 0 Å². The second-order valence-corrected chi connectivity index (χ2v) is 9.16. The minimum absolute atomic E-state index is 0.219. The first kappa shape index (κ1) is 23.1. The van der Waals surface area contributed by atoms with Crippen molar-refractivity contribution in [2.24, 2.45) is 0 Å². The predicted molar refractivity (Wildman–Crippen MR) is 121 cm³/mol. The van der Waals surface area contributed by atoms with Gasteiger partial charge in [-0.05, 0) is 23.8 Å². The first-order valence-corrected chi connectivity index (χ1v) is 11.9. The number of fused-ring (bicyclic) bond motifs is 1. The number of nitrogens with one attached hydrogen (secondary N) is 1.